The van der Waals surface area contributed by atoms with Crippen molar-refractivity contribution < 1.29 is 23.8 Å². The maximum absolute atomic E-state index is 12.6. The molecule has 6 nitrogen and oxygen atoms in total. The van der Waals surface area contributed by atoms with Gasteiger partial charge in [0.1, 0.15) is 0 Å². The number of nitrogens with one attached hydrogen (secondary N) is 1. The number of hydrogen-bond donors (Lipinski definition) is 1. The number of rotatable bonds is 8. The van der Waals surface area contributed by atoms with Crippen LogP contribution in [0.25, 0.3) is 0 Å². The summed E-state index contributed by atoms with van der Waals surface area (Å²) in [6.45, 7) is 2.32. The number of ether oxygens (including phenoxy) is 3. The largest absolute Gasteiger partial charge is 0.493 e. The smallest absolute Gasteiger partial charge is 0.307 e. The van der Waals surface area contributed by atoms with Gasteiger partial charge >= 0.3 is 5.97 Å². The van der Waals surface area contributed by atoms with Crippen molar-refractivity contribution in [3.05, 3.63) is 46.2 Å². The molecule has 0 bridgehead atoms. The predicted molar refractivity (Wildman–Crippen MR) is 95.3 cm³/mol. The lowest BCUT2D eigenvalue weighted by Gasteiger charge is -2.17. The van der Waals surface area contributed by atoms with Crippen LogP contribution < -0.4 is 14.8 Å². The van der Waals surface area contributed by atoms with Gasteiger partial charge < -0.3 is 19.5 Å². The van der Waals surface area contributed by atoms with Crippen molar-refractivity contribution in [3.8, 4) is 11.5 Å². The summed E-state index contributed by atoms with van der Waals surface area (Å²) in [6.07, 6.45) is 0.0667. The molecular weight excluding hydrogens is 342 g/mol. The number of methoxy groups -OCH3 is 2. The molecule has 0 fully saturated rings. The second-order valence-electron chi connectivity index (χ2n) is 5.12. The minimum atomic E-state index is -0.447. The first kappa shape index (κ1) is 18.8. The molecule has 1 N–H and O–H groups in total. The summed E-state index contributed by atoms with van der Waals surface area (Å²) in [7, 11) is 2.87. The van der Waals surface area contributed by atoms with Crippen molar-refractivity contribution >= 4 is 23.2 Å². The Bertz CT molecular complexity index is 714. The first-order chi connectivity index (χ1) is 12.1. The minimum absolute atomic E-state index is 0.0667. The Kier molecular flexibility index (Phi) is 6.82. The molecule has 1 aromatic carbocycles. The molecule has 1 heterocycles. The van der Waals surface area contributed by atoms with Crippen LogP contribution in [0.15, 0.2) is 35.7 Å². The fourth-order valence-corrected chi connectivity index (χ4v) is 3.07. The number of carbonyl (C=O) groups is 2. The van der Waals surface area contributed by atoms with Gasteiger partial charge in [-0.3, -0.25) is 9.59 Å². The molecule has 0 saturated carbocycles. The molecule has 2 rings (SSSR count). The summed E-state index contributed by atoms with van der Waals surface area (Å²) in [5.74, 6) is 0.371. The van der Waals surface area contributed by atoms with Crippen LogP contribution >= 0.6 is 11.3 Å². The van der Waals surface area contributed by atoms with Crippen molar-refractivity contribution in [1.29, 1.82) is 0 Å². The first-order valence-electron chi connectivity index (χ1n) is 7.81. The predicted octanol–water partition coefficient (Wildman–Crippen LogP) is 3.19. The molecule has 1 amide bonds. The first-order valence-corrected chi connectivity index (χ1v) is 8.68. The van der Waals surface area contributed by atoms with E-state index in [0.717, 1.165) is 4.88 Å². The van der Waals surface area contributed by atoms with Crippen molar-refractivity contribution in [1.82, 2.24) is 5.32 Å². The van der Waals surface area contributed by atoms with E-state index < -0.39 is 6.04 Å². The van der Waals surface area contributed by atoms with E-state index in [-0.39, 0.29) is 18.3 Å². The van der Waals surface area contributed by atoms with Crippen LogP contribution in [0.4, 0.5) is 0 Å². The van der Waals surface area contributed by atoms with Crippen LogP contribution in [0.5, 0.6) is 11.5 Å². The van der Waals surface area contributed by atoms with E-state index in [2.05, 4.69) is 5.32 Å². The zero-order valence-corrected chi connectivity index (χ0v) is 15.2. The summed E-state index contributed by atoms with van der Waals surface area (Å²) in [5.41, 5.74) is 0.427. The average Bonchev–Trinajstić information content (AvgIpc) is 3.15. The topological polar surface area (TPSA) is 73.9 Å². The summed E-state index contributed by atoms with van der Waals surface area (Å²) < 4.78 is 15.4. The summed E-state index contributed by atoms with van der Waals surface area (Å²) in [5, 5.41) is 4.78. The maximum Gasteiger partial charge on any atom is 0.307 e. The minimum Gasteiger partial charge on any atom is -0.493 e. The highest BCUT2D eigenvalue weighted by Gasteiger charge is 2.21. The lowest BCUT2D eigenvalue weighted by molar-refractivity contribution is -0.141. The molecule has 0 aliphatic rings. The van der Waals surface area contributed by atoms with Gasteiger partial charge in [-0.15, -0.1) is 11.3 Å². The fraction of sp³-hybridized carbons (Fsp3) is 0.333. The second-order valence-corrected chi connectivity index (χ2v) is 6.10. The van der Waals surface area contributed by atoms with Crippen molar-refractivity contribution in [3.63, 3.8) is 0 Å². The van der Waals surface area contributed by atoms with E-state index in [4.69, 9.17) is 14.2 Å². The van der Waals surface area contributed by atoms with Gasteiger partial charge in [-0.25, -0.2) is 0 Å². The molecule has 0 aliphatic carbocycles. The quantitative estimate of drug-likeness (QED) is 0.729. The molecule has 2 aromatic rings. The molecule has 25 heavy (non-hydrogen) atoms. The van der Waals surface area contributed by atoms with Gasteiger partial charge in [0.15, 0.2) is 11.5 Å². The van der Waals surface area contributed by atoms with Gasteiger partial charge in [0, 0.05) is 10.4 Å². The van der Waals surface area contributed by atoms with Crippen LogP contribution in [0.1, 0.15) is 34.6 Å². The standard InChI is InChI=1S/C18H21NO5S/c1-4-24-15-10-12(7-8-14(15)22-2)18(21)19-13(11-17(20)23-3)16-6-5-9-25-16/h5-10,13H,4,11H2,1-3H3,(H,19,21)/t13-/m0/s1. The van der Waals surface area contributed by atoms with E-state index in [1.54, 1.807) is 25.3 Å². The molecule has 1 aromatic heterocycles. The normalized spacial score (nSPS) is 11.5. The fourth-order valence-electron chi connectivity index (χ4n) is 2.29. The van der Waals surface area contributed by atoms with Crippen LogP contribution in [0.3, 0.4) is 0 Å². The van der Waals surface area contributed by atoms with Gasteiger partial charge in [0.25, 0.3) is 5.91 Å². The van der Waals surface area contributed by atoms with E-state index in [1.807, 2.05) is 24.4 Å². The molecule has 7 heteroatoms. The molecule has 0 saturated heterocycles. The molecular formula is C18H21NO5S. The summed E-state index contributed by atoms with van der Waals surface area (Å²) in [6, 6.07) is 8.26. The molecule has 0 spiro atoms. The molecule has 1 atom stereocenters. The number of thiophene rings is 1. The average molecular weight is 363 g/mol. The van der Waals surface area contributed by atoms with E-state index >= 15 is 0 Å². The monoisotopic (exact) mass is 363 g/mol. The third-order valence-electron chi connectivity index (χ3n) is 3.52. The van der Waals surface area contributed by atoms with E-state index in [1.165, 1.54) is 18.4 Å². The van der Waals surface area contributed by atoms with Crippen LogP contribution in [0, 0.1) is 0 Å². The summed E-state index contributed by atoms with van der Waals surface area (Å²) in [4.78, 5) is 25.2. The van der Waals surface area contributed by atoms with Crippen LogP contribution in [-0.2, 0) is 9.53 Å². The van der Waals surface area contributed by atoms with Gasteiger partial charge in [-0.2, -0.15) is 0 Å². The number of benzene rings is 1. The van der Waals surface area contributed by atoms with Gasteiger partial charge in [-0.05, 0) is 36.6 Å². The van der Waals surface area contributed by atoms with Crippen LogP contribution in [-0.4, -0.2) is 32.7 Å². The number of hydrogen-bond acceptors (Lipinski definition) is 6. The Hall–Kier alpha value is -2.54. The number of amides is 1. The number of carbonyl (C=O) groups excluding carboxylic acids is 2. The molecule has 134 valence electrons. The Morgan fingerprint density at radius 1 is 1.20 bits per heavy atom. The van der Waals surface area contributed by atoms with Crippen molar-refractivity contribution in [2.45, 2.75) is 19.4 Å². The third kappa shape index (κ3) is 4.96. The third-order valence-corrected chi connectivity index (χ3v) is 4.50. The van der Waals surface area contributed by atoms with E-state index in [9.17, 15) is 9.59 Å². The maximum atomic E-state index is 12.6. The second kappa shape index (κ2) is 9.08. The highest BCUT2D eigenvalue weighted by Crippen LogP contribution is 2.29. The zero-order chi connectivity index (χ0) is 18.2. The Balaban J connectivity index is 2.20. The zero-order valence-electron chi connectivity index (χ0n) is 14.4. The lowest BCUT2D eigenvalue weighted by atomic mass is 10.1. The summed E-state index contributed by atoms with van der Waals surface area (Å²) >= 11 is 1.47. The SMILES string of the molecule is CCOc1cc(C(=O)N[C@@H](CC(=O)OC)c2cccs2)ccc1OC. The lowest BCUT2D eigenvalue weighted by Crippen LogP contribution is -2.30. The van der Waals surface area contributed by atoms with Crippen molar-refractivity contribution in [2.75, 3.05) is 20.8 Å². The van der Waals surface area contributed by atoms with E-state index in [0.29, 0.717) is 23.7 Å². The van der Waals surface area contributed by atoms with Gasteiger partial charge in [-0.1, -0.05) is 6.07 Å². The molecule has 0 aliphatic heterocycles. The van der Waals surface area contributed by atoms with Crippen LogP contribution in [0.2, 0.25) is 0 Å². The molecule has 0 radical (unpaired) electrons. The van der Waals surface area contributed by atoms with Gasteiger partial charge in [0.2, 0.25) is 0 Å². The Labute approximate surface area is 150 Å². The number of esters is 1. The Morgan fingerprint density at radius 2 is 2.00 bits per heavy atom. The van der Waals surface area contributed by atoms with Gasteiger partial charge in [0.05, 0.1) is 33.3 Å². The highest BCUT2D eigenvalue weighted by atomic mass is 32.1. The van der Waals surface area contributed by atoms with Crippen molar-refractivity contribution in [2.24, 2.45) is 0 Å². The highest BCUT2D eigenvalue weighted by molar-refractivity contribution is 7.10. The Morgan fingerprint density at radius 3 is 2.60 bits per heavy atom. The molecule has 0 unspecified atom stereocenters.